The Morgan fingerprint density at radius 1 is 1.50 bits per heavy atom. The molecular weight excluding hydrogens is 317 g/mol. The lowest BCUT2D eigenvalue weighted by Gasteiger charge is -2.20. The minimum atomic E-state index is -0.377. The van der Waals surface area contributed by atoms with Crippen molar-refractivity contribution in [1.82, 2.24) is 0 Å². The van der Waals surface area contributed by atoms with Gasteiger partial charge in [-0.05, 0) is 34.1 Å². The van der Waals surface area contributed by atoms with Gasteiger partial charge in [0.05, 0.1) is 12.2 Å². The molecule has 2 rings (SSSR count). The first kappa shape index (κ1) is 13.2. The second kappa shape index (κ2) is 5.63. The topological polar surface area (TPSA) is 20.3 Å². The highest BCUT2D eigenvalue weighted by atomic mass is 79.9. The van der Waals surface area contributed by atoms with E-state index in [1.165, 1.54) is 12.1 Å². The molecule has 1 aromatic carbocycles. The van der Waals surface area contributed by atoms with Crippen LogP contribution in [0.1, 0.15) is 15.2 Å². The van der Waals surface area contributed by atoms with Crippen LogP contribution < -0.4 is 4.90 Å². The van der Waals surface area contributed by atoms with Crippen molar-refractivity contribution in [2.45, 2.75) is 6.54 Å². The Morgan fingerprint density at radius 3 is 2.89 bits per heavy atom. The first-order chi connectivity index (χ1) is 8.61. The van der Waals surface area contributed by atoms with Crippen molar-refractivity contribution in [3.05, 3.63) is 50.4 Å². The normalized spacial score (nSPS) is 10.4. The third-order valence-corrected chi connectivity index (χ3v) is 4.22. The Kier molecular flexibility index (Phi) is 4.14. The van der Waals surface area contributed by atoms with Crippen molar-refractivity contribution in [3.63, 3.8) is 0 Å². The molecule has 0 radical (unpaired) electrons. The molecule has 2 nitrogen and oxygen atoms in total. The van der Waals surface area contributed by atoms with E-state index in [1.807, 2.05) is 11.4 Å². The molecule has 1 aromatic heterocycles. The van der Waals surface area contributed by atoms with E-state index in [0.29, 0.717) is 24.1 Å². The molecule has 0 aliphatic heterocycles. The van der Waals surface area contributed by atoms with Crippen LogP contribution in [0.15, 0.2) is 34.1 Å². The standard InChI is InChI=1S/C13H11BrFNOS/c1-16(6-11-5-10(14)8-18-11)13-9(7-17)3-2-4-12(13)15/h2-5,7-8H,6H2,1H3. The Morgan fingerprint density at radius 2 is 2.28 bits per heavy atom. The largest absolute Gasteiger partial charge is 0.367 e. The molecular formula is C13H11BrFNOS. The van der Waals surface area contributed by atoms with Crippen molar-refractivity contribution in [2.75, 3.05) is 11.9 Å². The number of benzene rings is 1. The Labute approximate surface area is 117 Å². The Hall–Kier alpha value is -1.20. The molecule has 0 atom stereocenters. The summed E-state index contributed by atoms with van der Waals surface area (Å²) in [5.74, 6) is -0.377. The monoisotopic (exact) mass is 327 g/mol. The predicted octanol–water partition coefficient (Wildman–Crippen LogP) is 4.10. The number of hydrogen-bond donors (Lipinski definition) is 0. The van der Waals surface area contributed by atoms with Crippen molar-refractivity contribution in [1.29, 1.82) is 0 Å². The molecule has 0 amide bonds. The number of hydrogen-bond acceptors (Lipinski definition) is 3. The van der Waals surface area contributed by atoms with Gasteiger partial charge >= 0.3 is 0 Å². The number of carbonyl (C=O) groups excluding carboxylic acids is 1. The van der Waals surface area contributed by atoms with Crippen molar-refractivity contribution < 1.29 is 9.18 Å². The maximum absolute atomic E-state index is 13.8. The van der Waals surface area contributed by atoms with Crippen LogP contribution in [0.3, 0.4) is 0 Å². The number of para-hydroxylation sites is 1. The van der Waals surface area contributed by atoms with Gasteiger partial charge in [0, 0.05) is 27.3 Å². The maximum Gasteiger partial charge on any atom is 0.152 e. The molecule has 1 heterocycles. The summed E-state index contributed by atoms with van der Waals surface area (Å²) in [5, 5.41) is 1.98. The number of nitrogens with zero attached hydrogens (tertiary/aromatic N) is 1. The van der Waals surface area contributed by atoms with E-state index in [4.69, 9.17) is 0 Å². The van der Waals surface area contributed by atoms with Crippen LogP contribution in [0.5, 0.6) is 0 Å². The number of carbonyl (C=O) groups is 1. The van der Waals surface area contributed by atoms with E-state index < -0.39 is 0 Å². The summed E-state index contributed by atoms with van der Waals surface area (Å²) < 4.78 is 14.8. The van der Waals surface area contributed by atoms with E-state index in [-0.39, 0.29) is 5.82 Å². The van der Waals surface area contributed by atoms with Gasteiger partial charge in [0.15, 0.2) is 6.29 Å². The molecule has 18 heavy (non-hydrogen) atoms. The number of thiophene rings is 1. The second-order valence-corrected chi connectivity index (χ2v) is 5.79. The third kappa shape index (κ3) is 2.79. The van der Waals surface area contributed by atoms with Gasteiger partial charge in [0.1, 0.15) is 5.82 Å². The zero-order valence-corrected chi connectivity index (χ0v) is 12.1. The molecule has 0 spiro atoms. The van der Waals surface area contributed by atoms with Crippen LogP contribution in [-0.2, 0) is 6.54 Å². The number of anilines is 1. The number of rotatable bonds is 4. The summed E-state index contributed by atoms with van der Waals surface area (Å²) in [5.41, 5.74) is 0.713. The minimum Gasteiger partial charge on any atom is -0.367 e. The van der Waals surface area contributed by atoms with E-state index in [0.717, 1.165) is 9.35 Å². The lowest BCUT2D eigenvalue weighted by atomic mass is 10.1. The van der Waals surface area contributed by atoms with Gasteiger partial charge in [-0.3, -0.25) is 4.79 Å². The van der Waals surface area contributed by atoms with Gasteiger partial charge in [0.25, 0.3) is 0 Å². The number of aldehydes is 1. The van der Waals surface area contributed by atoms with Gasteiger partial charge in [-0.1, -0.05) is 6.07 Å². The summed E-state index contributed by atoms with van der Waals surface area (Å²) >= 11 is 4.98. The van der Waals surface area contributed by atoms with Crippen LogP contribution >= 0.6 is 27.3 Å². The highest BCUT2D eigenvalue weighted by Crippen LogP contribution is 2.26. The van der Waals surface area contributed by atoms with E-state index in [9.17, 15) is 9.18 Å². The fraction of sp³-hybridized carbons (Fsp3) is 0.154. The Balaban J connectivity index is 2.28. The molecule has 0 saturated carbocycles. The van der Waals surface area contributed by atoms with E-state index >= 15 is 0 Å². The van der Waals surface area contributed by atoms with Crippen LogP contribution in [-0.4, -0.2) is 13.3 Å². The summed E-state index contributed by atoms with van der Waals surface area (Å²) in [6.07, 6.45) is 0.680. The van der Waals surface area contributed by atoms with Gasteiger partial charge in [-0.15, -0.1) is 11.3 Å². The van der Waals surface area contributed by atoms with E-state index in [2.05, 4.69) is 15.9 Å². The smallest absolute Gasteiger partial charge is 0.152 e. The van der Waals surface area contributed by atoms with Crippen LogP contribution in [0, 0.1) is 5.82 Å². The fourth-order valence-corrected chi connectivity index (χ4v) is 3.28. The van der Waals surface area contributed by atoms with Gasteiger partial charge < -0.3 is 4.90 Å². The van der Waals surface area contributed by atoms with Crippen LogP contribution in [0.2, 0.25) is 0 Å². The van der Waals surface area contributed by atoms with Crippen molar-refractivity contribution >= 4 is 39.2 Å². The van der Waals surface area contributed by atoms with Gasteiger partial charge in [0.2, 0.25) is 0 Å². The molecule has 0 N–H and O–H groups in total. The van der Waals surface area contributed by atoms with Crippen molar-refractivity contribution in [3.8, 4) is 0 Å². The molecule has 0 aliphatic rings. The molecule has 5 heteroatoms. The summed E-state index contributed by atoms with van der Waals surface area (Å²) in [6.45, 7) is 0.567. The Bertz CT molecular complexity index is 570. The van der Waals surface area contributed by atoms with Crippen molar-refractivity contribution in [2.24, 2.45) is 0 Å². The molecule has 2 aromatic rings. The predicted molar refractivity (Wildman–Crippen MR) is 75.9 cm³/mol. The SMILES string of the molecule is CN(Cc1cc(Br)cs1)c1c(F)cccc1C=O. The third-order valence-electron chi connectivity index (χ3n) is 2.54. The molecule has 94 valence electrons. The summed E-state index contributed by atoms with van der Waals surface area (Å²) in [7, 11) is 1.78. The highest BCUT2D eigenvalue weighted by molar-refractivity contribution is 9.10. The highest BCUT2D eigenvalue weighted by Gasteiger charge is 2.13. The average molecular weight is 328 g/mol. The molecule has 0 bridgehead atoms. The summed E-state index contributed by atoms with van der Waals surface area (Å²) in [6, 6.07) is 6.51. The molecule has 0 aliphatic carbocycles. The lowest BCUT2D eigenvalue weighted by Crippen LogP contribution is -2.18. The average Bonchev–Trinajstić information content (AvgIpc) is 2.74. The van der Waals surface area contributed by atoms with Gasteiger partial charge in [-0.25, -0.2) is 4.39 Å². The summed E-state index contributed by atoms with van der Waals surface area (Å²) in [4.78, 5) is 13.8. The molecule has 0 saturated heterocycles. The first-order valence-electron chi connectivity index (χ1n) is 5.29. The minimum absolute atomic E-state index is 0.344. The van der Waals surface area contributed by atoms with Crippen LogP contribution in [0.4, 0.5) is 10.1 Å². The maximum atomic E-state index is 13.8. The lowest BCUT2D eigenvalue weighted by molar-refractivity contribution is 0.112. The second-order valence-electron chi connectivity index (χ2n) is 3.88. The first-order valence-corrected chi connectivity index (χ1v) is 6.97. The number of halogens is 2. The quantitative estimate of drug-likeness (QED) is 0.788. The van der Waals surface area contributed by atoms with Crippen LogP contribution in [0.25, 0.3) is 0 Å². The van der Waals surface area contributed by atoms with E-state index in [1.54, 1.807) is 29.4 Å². The fourth-order valence-electron chi connectivity index (χ4n) is 1.78. The van der Waals surface area contributed by atoms with Gasteiger partial charge in [-0.2, -0.15) is 0 Å². The molecule has 0 unspecified atom stereocenters. The molecule has 0 fully saturated rings. The zero-order valence-electron chi connectivity index (χ0n) is 9.69. The zero-order chi connectivity index (χ0) is 13.1.